The Hall–Kier alpha value is -3.93. The van der Waals surface area contributed by atoms with Crippen LogP contribution in [0.4, 0.5) is 5.69 Å². The van der Waals surface area contributed by atoms with Gasteiger partial charge in [-0.15, -0.1) is 0 Å². The van der Waals surface area contributed by atoms with Crippen molar-refractivity contribution in [1.29, 1.82) is 5.26 Å². The fourth-order valence-corrected chi connectivity index (χ4v) is 3.99. The van der Waals surface area contributed by atoms with E-state index in [9.17, 15) is 10.1 Å². The van der Waals surface area contributed by atoms with Crippen LogP contribution >= 0.6 is 0 Å². The van der Waals surface area contributed by atoms with Gasteiger partial charge in [0.05, 0.1) is 61.4 Å². The van der Waals surface area contributed by atoms with Crippen molar-refractivity contribution in [1.82, 2.24) is 19.7 Å². The lowest BCUT2D eigenvalue weighted by Gasteiger charge is -2.16. The molecule has 1 fully saturated rings. The number of nitrogens with zero attached hydrogens (tertiary/aromatic N) is 6. The number of anilines is 1. The molecule has 1 amide bonds. The van der Waals surface area contributed by atoms with Crippen LogP contribution in [0, 0.1) is 24.2 Å². The Labute approximate surface area is 198 Å². The highest BCUT2D eigenvalue weighted by atomic mass is 16.5. The molecule has 0 N–H and O–H groups in total. The number of carbonyl (C=O) groups excluding carboxylic acids is 1. The van der Waals surface area contributed by atoms with E-state index in [2.05, 4.69) is 16.2 Å². The van der Waals surface area contributed by atoms with Gasteiger partial charge in [-0.1, -0.05) is 0 Å². The fourth-order valence-electron chi connectivity index (χ4n) is 3.99. The van der Waals surface area contributed by atoms with E-state index in [1.54, 1.807) is 49.1 Å². The Balaban J connectivity index is 1.45. The number of hydrogen-bond acceptors (Lipinski definition) is 7. The number of rotatable bonds is 7. The summed E-state index contributed by atoms with van der Waals surface area (Å²) in [5, 5.41) is 13.7. The van der Waals surface area contributed by atoms with Crippen LogP contribution in [0.5, 0.6) is 11.6 Å². The van der Waals surface area contributed by atoms with Crippen LogP contribution in [-0.2, 0) is 12.1 Å². The summed E-state index contributed by atoms with van der Waals surface area (Å²) in [7, 11) is 1.57. The molecule has 1 aliphatic heterocycles. The predicted molar refractivity (Wildman–Crippen MR) is 125 cm³/mol. The Morgan fingerprint density at radius 1 is 1.26 bits per heavy atom. The third-order valence-electron chi connectivity index (χ3n) is 6.26. The van der Waals surface area contributed by atoms with Gasteiger partial charge in [0.1, 0.15) is 5.54 Å². The van der Waals surface area contributed by atoms with Crippen LogP contribution in [0.2, 0.25) is 0 Å². The molecule has 0 bridgehead atoms. The number of aromatic nitrogens is 4. The van der Waals surface area contributed by atoms with E-state index in [1.165, 1.54) is 12.8 Å². The largest absolute Gasteiger partial charge is 0.488 e. The molecule has 9 nitrogen and oxygen atoms in total. The second-order valence-electron chi connectivity index (χ2n) is 9.34. The molecule has 1 saturated carbocycles. The van der Waals surface area contributed by atoms with E-state index < -0.39 is 5.54 Å². The quantitative estimate of drug-likeness (QED) is 0.529. The van der Waals surface area contributed by atoms with Gasteiger partial charge in [0, 0.05) is 11.8 Å². The molecule has 2 aliphatic rings. The molecule has 0 unspecified atom stereocenters. The van der Waals surface area contributed by atoms with Crippen molar-refractivity contribution in [3.63, 3.8) is 0 Å². The third kappa shape index (κ3) is 3.85. The summed E-state index contributed by atoms with van der Waals surface area (Å²) in [6.07, 6.45) is 7.42. The molecule has 0 spiro atoms. The van der Waals surface area contributed by atoms with Gasteiger partial charge < -0.3 is 9.47 Å². The Morgan fingerprint density at radius 2 is 2.06 bits per heavy atom. The highest BCUT2D eigenvalue weighted by Gasteiger charge is 2.34. The van der Waals surface area contributed by atoms with Crippen LogP contribution in [0.25, 0.3) is 11.3 Å². The van der Waals surface area contributed by atoms with Crippen LogP contribution in [0.15, 0.2) is 30.7 Å². The van der Waals surface area contributed by atoms with E-state index in [0.717, 1.165) is 16.8 Å². The van der Waals surface area contributed by atoms with Crippen molar-refractivity contribution in [3.8, 4) is 29.0 Å². The maximum absolute atomic E-state index is 13.2. The molecule has 174 valence electrons. The van der Waals surface area contributed by atoms with E-state index in [0.29, 0.717) is 47.6 Å². The summed E-state index contributed by atoms with van der Waals surface area (Å²) < 4.78 is 12.9. The number of methoxy groups -OCH3 is 1. The first-order valence-electron chi connectivity index (χ1n) is 11.3. The van der Waals surface area contributed by atoms with Crippen LogP contribution in [0.1, 0.15) is 48.3 Å². The van der Waals surface area contributed by atoms with Crippen molar-refractivity contribution < 1.29 is 14.3 Å². The molecule has 0 aromatic carbocycles. The third-order valence-corrected chi connectivity index (χ3v) is 6.26. The molecular weight excluding hydrogens is 432 g/mol. The number of pyridine rings is 2. The number of hydrogen-bond donors (Lipinski definition) is 0. The Kier molecular flexibility index (Phi) is 5.24. The molecule has 1 aliphatic carbocycles. The van der Waals surface area contributed by atoms with E-state index >= 15 is 0 Å². The second-order valence-corrected chi connectivity index (χ2v) is 9.34. The van der Waals surface area contributed by atoms with Crippen molar-refractivity contribution >= 4 is 11.6 Å². The molecule has 5 rings (SSSR count). The van der Waals surface area contributed by atoms with Gasteiger partial charge in [-0.25, -0.2) is 4.98 Å². The van der Waals surface area contributed by atoms with E-state index in [4.69, 9.17) is 14.5 Å². The summed E-state index contributed by atoms with van der Waals surface area (Å²) >= 11 is 0. The standard InChI is InChI=1S/C25H26N6O3/c1-15-7-19(17-8-21(23(33-4)27-9-17)34-13-16-5-6-16)29-20-12-30(24(32)22(15)20)18-10-28-31(11-18)25(2,3)14-26/h7-11,16H,5-6,12-13H2,1-4H3. The normalized spacial score (nSPS) is 15.3. The van der Waals surface area contributed by atoms with Gasteiger partial charge in [0.25, 0.3) is 11.8 Å². The van der Waals surface area contributed by atoms with Gasteiger partial charge in [-0.3, -0.25) is 19.4 Å². The molecule has 4 heterocycles. The smallest absolute Gasteiger partial charge is 0.260 e. The number of fused-ring (bicyclic) bond motifs is 1. The first-order chi connectivity index (χ1) is 16.3. The number of aryl methyl sites for hydroxylation is 1. The predicted octanol–water partition coefficient (Wildman–Crippen LogP) is 3.87. The van der Waals surface area contributed by atoms with Crippen molar-refractivity contribution in [2.75, 3.05) is 18.6 Å². The Morgan fingerprint density at radius 3 is 2.76 bits per heavy atom. The van der Waals surface area contributed by atoms with E-state index in [1.807, 2.05) is 19.1 Å². The van der Waals surface area contributed by atoms with Crippen LogP contribution < -0.4 is 14.4 Å². The van der Waals surface area contributed by atoms with Gasteiger partial charge in [-0.05, 0) is 57.2 Å². The highest BCUT2D eigenvalue weighted by Crippen LogP contribution is 2.36. The first-order valence-corrected chi connectivity index (χ1v) is 11.3. The minimum absolute atomic E-state index is 0.123. The maximum Gasteiger partial charge on any atom is 0.260 e. The van der Waals surface area contributed by atoms with Crippen molar-refractivity contribution in [2.24, 2.45) is 5.92 Å². The average Bonchev–Trinajstić information content (AvgIpc) is 3.41. The zero-order valence-corrected chi connectivity index (χ0v) is 19.7. The zero-order valence-electron chi connectivity index (χ0n) is 19.7. The van der Waals surface area contributed by atoms with E-state index in [-0.39, 0.29) is 5.91 Å². The maximum atomic E-state index is 13.2. The SMILES string of the molecule is COc1ncc(-c2cc(C)c3c(n2)CN(c2cnn(C(C)(C)C#N)c2)C3=O)cc1OCC1CC1. The zero-order chi connectivity index (χ0) is 24.0. The second kappa shape index (κ2) is 8.13. The summed E-state index contributed by atoms with van der Waals surface area (Å²) in [6, 6.07) is 6.01. The van der Waals surface area contributed by atoms with Gasteiger partial charge in [0.2, 0.25) is 0 Å². The lowest BCUT2D eigenvalue weighted by atomic mass is 10.0. The van der Waals surface area contributed by atoms with Gasteiger partial charge >= 0.3 is 0 Å². The molecule has 3 aromatic rings. The lowest BCUT2D eigenvalue weighted by Crippen LogP contribution is -2.25. The molecule has 34 heavy (non-hydrogen) atoms. The highest BCUT2D eigenvalue weighted by molar-refractivity contribution is 6.10. The molecule has 3 aromatic heterocycles. The minimum Gasteiger partial charge on any atom is -0.488 e. The van der Waals surface area contributed by atoms with Crippen molar-refractivity contribution in [3.05, 3.63) is 47.5 Å². The average molecular weight is 459 g/mol. The summed E-state index contributed by atoms with van der Waals surface area (Å²) in [4.78, 5) is 24.1. The molecular formula is C25H26N6O3. The molecule has 0 saturated heterocycles. The molecule has 0 radical (unpaired) electrons. The summed E-state index contributed by atoms with van der Waals surface area (Å²) in [5.41, 5.74) is 3.48. The van der Waals surface area contributed by atoms with Crippen molar-refractivity contribution in [2.45, 2.75) is 45.7 Å². The minimum atomic E-state index is -0.810. The first kappa shape index (κ1) is 21.9. The number of nitriles is 1. The van der Waals surface area contributed by atoms with Crippen LogP contribution in [-0.4, -0.2) is 39.4 Å². The fraction of sp³-hybridized carbons (Fsp3) is 0.400. The van der Waals surface area contributed by atoms with Gasteiger partial charge in [0.15, 0.2) is 5.75 Å². The lowest BCUT2D eigenvalue weighted by molar-refractivity contribution is 0.0996. The number of carbonyl (C=O) groups is 1. The monoisotopic (exact) mass is 458 g/mol. The number of amides is 1. The topological polar surface area (TPSA) is 106 Å². The molecule has 0 atom stereocenters. The summed E-state index contributed by atoms with van der Waals surface area (Å²) in [6.45, 7) is 6.44. The summed E-state index contributed by atoms with van der Waals surface area (Å²) in [5.74, 6) is 1.52. The number of ether oxygens (including phenoxy) is 2. The van der Waals surface area contributed by atoms with Crippen LogP contribution in [0.3, 0.4) is 0 Å². The Bertz CT molecular complexity index is 1320. The van der Waals surface area contributed by atoms with Gasteiger partial charge in [-0.2, -0.15) is 10.4 Å². The molecule has 9 heteroatoms.